The van der Waals surface area contributed by atoms with Crippen LogP contribution in [0.4, 0.5) is 0 Å². The zero-order valence-electron chi connectivity index (χ0n) is 8.12. The zero-order valence-corrected chi connectivity index (χ0v) is 11.2. The quantitative estimate of drug-likeness (QED) is 0.786. The van der Waals surface area contributed by atoms with Gasteiger partial charge in [0, 0.05) is 19.4 Å². The molecule has 7 heteroatoms. The fraction of sp³-hybridized carbons (Fsp3) is 0.111. The van der Waals surface area contributed by atoms with Gasteiger partial charge >= 0.3 is 0 Å². The molecule has 0 aliphatic rings. The summed E-state index contributed by atoms with van der Waals surface area (Å²) in [6, 6.07) is 1.57. The Hall–Kier alpha value is -0.420. The fourth-order valence-electron chi connectivity index (χ4n) is 1.04. The first-order chi connectivity index (χ1) is 7.58. The van der Waals surface area contributed by atoms with Gasteiger partial charge in [0.2, 0.25) is 0 Å². The minimum Gasteiger partial charge on any atom is -0.329 e. The lowest BCUT2D eigenvalue weighted by Crippen LogP contribution is -1.91. The Labute approximate surface area is 112 Å². The van der Waals surface area contributed by atoms with E-state index in [2.05, 4.69) is 9.97 Å². The van der Waals surface area contributed by atoms with E-state index in [1.165, 1.54) is 11.8 Å². The number of hydrogen-bond donors (Lipinski definition) is 0. The van der Waals surface area contributed by atoms with Crippen LogP contribution in [0.15, 0.2) is 28.6 Å². The van der Waals surface area contributed by atoms with Gasteiger partial charge in [-0.3, -0.25) is 0 Å². The van der Waals surface area contributed by atoms with Crippen LogP contribution in [0.2, 0.25) is 15.2 Å². The maximum atomic E-state index is 6.01. The molecule has 0 saturated heterocycles. The van der Waals surface area contributed by atoms with E-state index in [0.29, 0.717) is 15.1 Å². The fourth-order valence-corrected chi connectivity index (χ4v) is 2.49. The maximum Gasteiger partial charge on any atom is 0.174 e. The molecule has 0 saturated carbocycles. The summed E-state index contributed by atoms with van der Waals surface area (Å²) in [5, 5.41) is 2.42. The van der Waals surface area contributed by atoms with E-state index in [1.807, 2.05) is 17.8 Å². The molecule has 0 aliphatic carbocycles. The molecular weight excluding hydrogens is 289 g/mol. The molecule has 2 heterocycles. The predicted molar refractivity (Wildman–Crippen MR) is 66.6 cm³/mol. The Morgan fingerprint density at radius 3 is 2.62 bits per heavy atom. The summed E-state index contributed by atoms with van der Waals surface area (Å²) >= 11 is 19.0. The van der Waals surface area contributed by atoms with Crippen LogP contribution in [0.1, 0.15) is 0 Å². The smallest absolute Gasteiger partial charge is 0.174 e. The third-order valence-electron chi connectivity index (χ3n) is 1.82. The van der Waals surface area contributed by atoms with Crippen LogP contribution < -0.4 is 0 Å². The van der Waals surface area contributed by atoms with Gasteiger partial charge in [-0.1, -0.05) is 34.8 Å². The molecule has 0 amide bonds. The lowest BCUT2D eigenvalue weighted by molar-refractivity contribution is 0.788. The summed E-state index contributed by atoms with van der Waals surface area (Å²) in [4.78, 5) is 8.25. The van der Waals surface area contributed by atoms with Crippen LogP contribution in [0.3, 0.4) is 0 Å². The standard InChI is InChI=1S/C9H6Cl3N3S/c1-15-3-2-13-9(15)16-8-6(11)4-5(10)7(12)14-8/h2-4H,1H3. The highest BCUT2D eigenvalue weighted by molar-refractivity contribution is 7.99. The van der Waals surface area contributed by atoms with Gasteiger partial charge in [-0.25, -0.2) is 9.97 Å². The number of pyridine rings is 1. The van der Waals surface area contributed by atoms with E-state index in [4.69, 9.17) is 34.8 Å². The Morgan fingerprint density at radius 2 is 2.00 bits per heavy atom. The predicted octanol–water partition coefficient (Wildman–Crippen LogP) is 3.93. The van der Waals surface area contributed by atoms with Crippen LogP contribution in [0.5, 0.6) is 0 Å². The highest BCUT2D eigenvalue weighted by atomic mass is 35.5. The van der Waals surface area contributed by atoms with Crippen LogP contribution >= 0.6 is 46.6 Å². The van der Waals surface area contributed by atoms with Gasteiger partial charge in [-0.05, 0) is 17.8 Å². The van der Waals surface area contributed by atoms with Crippen molar-refractivity contribution in [1.82, 2.24) is 14.5 Å². The Bertz CT molecular complexity index is 527. The molecule has 0 atom stereocenters. The first-order valence-electron chi connectivity index (χ1n) is 4.24. The van der Waals surface area contributed by atoms with Crippen LogP contribution in [0.25, 0.3) is 0 Å². The molecule has 2 rings (SSSR count). The minimum absolute atomic E-state index is 0.239. The summed E-state index contributed by atoms with van der Waals surface area (Å²) in [5.41, 5.74) is 0. The number of aryl methyl sites for hydroxylation is 1. The van der Waals surface area contributed by atoms with Gasteiger partial charge in [0.25, 0.3) is 0 Å². The average molecular weight is 295 g/mol. The van der Waals surface area contributed by atoms with Crippen molar-refractivity contribution in [1.29, 1.82) is 0 Å². The van der Waals surface area contributed by atoms with E-state index in [9.17, 15) is 0 Å². The van der Waals surface area contributed by atoms with Crippen molar-refractivity contribution in [2.45, 2.75) is 10.2 Å². The molecule has 0 bridgehead atoms. The number of aromatic nitrogens is 3. The van der Waals surface area contributed by atoms with Crippen molar-refractivity contribution in [3.63, 3.8) is 0 Å². The maximum absolute atomic E-state index is 6.01. The van der Waals surface area contributed by atoms with Crippen molar-refractivity contribution in [3.8, 4) is 0 Å². The minimum atomic E-state index is 0.239. The second-order valence-electron chi connectivity index (χ2n) is 2.97. The van der Waals surface area contributed by atoms with Crippen molar-refractivity contribution in [2.75, 3.05) is 0 Å². The van der Waals surface area contributed by atoms with E-state index in [0.717, 1.165) is 5.16 Å². The Kier molecular flexibility index (Phi) is 3.64. The second kappa shape index (κ2) is 4.84. The van der Waals surface area contributed by atoms with Crippen molar-refractivity contribution >= 4 is 46.6 Å². The van der Waals surface area contributed by atoms with Crippen LogP contribution in [0, 0.1) is 0 Å². The number of imidazole rings is 1. The lowest BCUT2D eigenvalue weighted by atomic mass is 10.5. The van der Waals surface area contributed by atoms with E-state index in [-0.39, 0.29) is 5.15 Å². The van der Waals surface area contributed by atoms with Gasteiger partial charge < -0.3 is 4.57 Å². The molecule has 0 N–H and O–H groups in total. The van der Waals surface area contributed by atoms with E-state index < -0.39 is 0 Å². The normalized spacial score (nSPS) is 10.8. The zero-order chi connectivity index (χ0) is 11.7. The summed E-state index contributed by atoms with van der Waals surface area (Å²) in [6.45, 7) is 0. The molecule has 0 aromatic carbocycles. The third-order valence-corrected chi connectivity index (χ3v) is 3.97. The van der Waals surface area contributed by atoms with Crippen LogP contribution in [-0.4, -0.2) is 14.5 Å². The molecule has 2 aromatic heterocycles. The molecule has 16 heavy (non-hydrogen) atoms. The van der Waals surface area contributed by atoms with Gasteiger partial charge in [0.15, 0.2) is 5.16 Å². The monoisotopic (exact) mass is 293 g/mol. The molecule has 0 spiro atoms. The molecule has 84 valence electrons. The molecule has 0 aliphatic heterocycles. The van der Waals surface area contributed by atoms with Gasteiger partial charge in [-0.15, -0.1) is 0 Å². The Balaban J connectivity index is 2.35. The first-order valence-corrected chi connectivity index (χ1v) is 6.19. The number of hydrogen-bond acceptors (Lipinski definition) is 3. The molecule has 2 aromatic rings. The summed E-state index contributed by atoms with van der Waals surface area (Å²) in [6.07, 6.45) is 3.54. The third kappa shape index (κ3) is 2.46. The average Bonchev–Trinajstić information content (AvgIpc) is 2.61. The molecule has 0 radical (unpaired) electrons. The lowest BCUT2D eigenvalue weighted by Gasteiger charge is -2.04. The number of nitrogens with zero attached hydrogens (tertiary/aromatic N) is 3. The Morgan fingerprint density at radius 1 is 1.25 bits per heavy atom. The summed E-state index contributed by atoms with van der Waals surface area (Å²) < 4.78 is 1.87. The summed E-state index contributed by atoms with van der Waals surface area (Å²) in [5.74, 6) is 0. The van der Waals surface area contributed by atoms with Gasteiger partial charge in [0.05, 0.1) is 10.0 Å². The highest BCUT2D eigenvalue weighted by Crippen LogP contribution is 2.34. The molecule has 0 unspecified atom stereocenters. The number of rotatable bonds is 2. The highest BCUT2D eigenvalue weighted by Gasteiger charge is 2.11. The van der Waals surface area contributed by atoms with Gasteiger partial charge in [-0.2, -0.15) is 0 Å². The van der Waals surface area contributed by atoms with Crippen molar-refractivity contribution in [2.24, 2.45) is 7.05 Å². The first kappa shape index (κ1) is 12.0. The summed E-state index contributed by atoms with van der Waals surface area (Å²) in [7, 11) is 1.89. The van der Waals surface area contributed by atoms with Crippen molar-refractivity contribution < 1.29 is 0 Å². The van der Waals surface area contributed by atoms with Crippen LogP contribution in [-0.2, 0) is 7.05 Å². The molecule has 3 nitrogen and oxygen atoms in total. The van der Waals surface area contributed by atoms with E-state index in [1.54, 1.807) is 12.3 Å². The number of halogens is 3. The van der Waals surface area contributed by atoms with E-state index >= 15 is 0 Å². The topological polar surface area (TPSA) is 30.7 Å². The van der Waals surface area contributed by atoms with Crippen molar-refractivity contribution in [3.05, 3.63) is 33.7 Å². The van der Waals surface area contributed by atoms with Gasteiger partial charge in [0.1, 0.15) is 10.2 Å². The molecule has 0 fully saturated rings. The second-order valence-corrected chi connectivity index (χ2v) is 5.10. The molecular formula is C9H6Cl3N3S. The largest absolute Gasteiger partial charge is 0.329 e. The SMILES string of the molecule is Cn1ccnc1Sc1nc(Cl)c(Cl)cc1Cl.